The molecule has 108 valence electrons. The van der Waals surface area contributed by atoms with Crippen molar-refractivity contribution in [3.63, 3.8) is 0 Å². The van der Waals surface area contributed by atoms with Crippen LogP contribution in [-0.4, -0.2) is 20.6 Å². The van der Waals surface area contributed by atoms with Crippen molar-refractivity contribution >= 4 is 0 Å². The molecule has 0 aliphatic rings. The molecule has 0 aromatic carbocycles. The number of imidazole rings is 1. The number of nitrogens with zero attached hydrogens (tertiary/aromatic N) is 3. The zero-order chi connectivity index (χ0) is 14.5. The first-order chi connectivity index (χ1) is 9.60. The summed E-state index contributed by atoms with van der Waals surface area (Å²) in [6.45, 7) is 9.39. The van der Waals surface area contributed by atoms with Crippen molar-refractivity contribution in [2.75, 3.05) is 0 Å². The lowest BCUT2D eigenvalue weighted by Crippen LogP contribution is -2.22. The van der Waals surface area contributed by atoms with Crippen molar-refractivity contribution < 1.29 is 0 Å². The molecular formula is C16H24N4. The number of aryl methyl sites for hydroxylation is 2. The van der Waals surface area contributed by atoms with E-state index < -0.39 is 0 Å². The normalized spacial score (nSPS) is 11.2. The van der Waals surface area contributed by atoms with Crippen molar-refractivity contribution in [3.8, 4) is 5.82 Å². The molecule has 0 spiro atoms. The minimum absolute atomic E-state index is 0.482. The summed E-state index contributed by atoms with van der Waals surface area (Å²) in [7, 11) is 0. The van der Waals surface area contributed by atoms with E-state index in [4.69, 9.17) is 0 Å². The number of aromatic nitrogens is 3. The number of hydrogen-bond donors (Lipinski definition) is 1. The lowest BCUT2D eigenvalue weighted by Gasteiger charge is -2.12. The van der Waals surface area contributed by atoms with Crippen LogP contribution in [0.25, 0.3) is 5.82 Å². The lowest BCUT2D eigenvalue weighted by molar-refractivity contribution is 0.588. The van der Waals surface area contributed by atoms with Crippen LogP contribution in [0.1, 0.15) is 44.3 Å². The Morgan fingerprint density at radius 2 is 2.10 bits per heavy atom. The Morgan fingerprint density at radius 1 is 1.30 bits per heavy atom. The third-order valence-electron chi connectivity index (χ3n) is 3.15. The summed E-state index contributed by atoms with van der Waals surface area (Å²) >= 11 is 0. The molecule has 4 nitrogen and oxygen atoms in total. The molecule has 20 heavy (non-hydrogen) atoms. The van der Waals surface area contributed by atoms with Gasteiger partial charge in [0.05, 0.1) is 0 Å². The van der Waals surface area contributed by atoms with Crippen LogP contribution in [0.4, 0.5) is 0 Å². The van der Waals surface area contributed by atoms with Crippen LogP contribution in [0.2, 0.25) is 0 Å². The molecule has 0 unspecified atom stereocenters. The van der Waals surface area contributed by atoms with Gasteiger partial charge in [-0.25, -0.2) is 9.97 Å². The maximum absolute atomic E-state index is 4.64. The molecule has 4 heteroatoms. The fourth-order valence-electron chi connectivity index (χ4n) is 2.22. The first-order valence-corrected chi connectivity index (χ1v) is 7.33. The monoisotopic (exact) mass is 272 g/mol. The molecule has 0 saturated heterocycles. The minimum Gasteiger partial charge on any atom is -0.310 e. The Hall–Kier alpha value is -1.68. The molecule has 2 aromatic rings. The molecule has 0 aliphatic heterocycles. The van der Waals surface area contributed by atoms with Gasteiger partial charge in [-0.2, -0.15) is 0 Å². The molecule has 0 atom stereocenters. The smallest absolute Gasteiger partial charge is 0.138 e. The second-order valence-electron chi connectivity index (χ2n) is 5.47. The van der Waals surface area contributed by atoms with Gasteiger partial charge in [-0.05, 0) is 31.0 Å². The number of hydrogen-bond acceptors (Lipinski definition) is 3. The molecular weight excluding hydrogens is 248 g/mol. The highest BCUT2D eigenvalue weighted by molar-refractivity contribution is 5.32. The zero-order valence-electron chi connectivity index (χ0n) is 12.8. The van der Waals surface area contributed by atoms with Gasteiger partial charge in [0.2, 0.25) is 0 Å². The van der Waals surface area contributed by atoms with Crippen LogP contribution >= 0.6 is 0 Å². The summed E-state index contributed by atoms with van der Waals surface area (Å²) < 4.78 is 2.09. The Kier molecular flexibility index (Phi) is 4.90. The molecule has 0 amide bonds. The quantitative estimate of drug-likeness (QED) is 0.879. The largest absolute Gasteiger partial charge is 0.310 e. The first kappa shape index (κ1) is 14.7. The minimum atomic E-state index is 0.482. The zero-order valence-corrected chi connectivity index (χ0v) is 12.8. The van der Waals surface area contributed by atoms with Gasteiger partial charge in [-0.1, -0.05) is 20.8 Å². The van der Waals surface area contributed by atoms with Gasteiger partial charge in [0, 0.05) is 37.1 Å². The summed E-state index contributed by atoms with van der Waals surface area (Å²) in [6.07, 6.45) is 5.90. The van der Waals surface area contributed by atoms with Crippen molar-refractivity contribution in [1.82, 2.24) is 19.9 Å². The summed E-state index contributed by atoms with van der Waals surface area (Å²) in [5, 5.41) is 3.45. The molecule has 1 N–H and O–H groups in total. The highest BCUT2D eigenvalue weighted by Gasteiger charge is 2.07. The average Bonchev–Trinajstić information content (AvgIpc) is 2.84. The van der Waals surface area contributed by atoms with Gasteiger partial charge in [0.25, 0.3) is 0 Å². The van der Waals surface area contributed by atoms with Gasteiger partial charge < -0.3 is 5.32 Å². The fraction of sp³-hybridized carbons (Fsp3) is 0.500. The summed E-state index contributed by atoms with van der Waals surface area (Å²) in [5.74, 6) is 2.04. The molecule has 0 aliphatic carbocycles. The van der Waals surface area contributed by atoms with Crippen LogP contribution in [0.3, 0.4) is 0 Å². The van der Waals surface area contributed by atoms with Crippen LogP contribution < -0.4 is 5.32 Å². The van der Waals surface area contributed by atoms with Crippen molar-refractivity contribution in [3.05, 3.63) is 41.6 Å². The molecule has 0 fully saturated rings. The van der Waals surface area contributed by atoms with Crippen LogP contribution in [0.15, 0.2) is 24.5 Å². The Labute approximate surface area is 121 Å². The summed E-state index contributed by atoms with van der Waals surface area (Å²) in [6, 6.07) is 4.76. The van der Waals surface area contributed by atoms with Gasteiger partial charge in [0.1, 0.15) is 11.6 Å². The fourth-order valence-corrected chi connectivity index (χ4v) is 2.22. The molecule has 0 bridgehead atoms. The molecule has 2 heterocycles. The van der Waals surface area contributed by atoms with Crippen LogP contribution in [0.5, 0.6) is 0 Å². The third kappa shape index (κ3) is 3.67. The highest BCUT2D eigenvalue weighted by Crippen LogP contribution is 2.13. The Morgan fingerprint density at radius 3 is 2.80 bits per heavy atom. The topological polar surface area (TPSA) is 42.7 Å². The van der Waals surface area contributed by atoms with E-state index >= 15 is 0 Å². The maximum Gasteiger partial charge on any atom is 0.138 e. The van der Waals surface area contributed by atoms with Crippen molar-refractivity contribution in [1.29, 1.82) is 0 Å². The highest BCUT2D eigenvalue weighted by atomic mass is 15.1. The van der Waals surface area contributed by atoms with E-state index in [1.165, 1.54) is 5.56 Å². The second kappa shape index (κ2) is 6.66. The van der Waals surface area contributed by atoms with Crippen molar-refractivity contribution in [2.24, 2.45) is 0 Å². The van der Waals surface area contributed by atoms with Crippen LogP contribution in [0, 0.1) is 6.92 Å². The van der Waals surface area contributed by atoms with Crippen molar-refractivity contribution in [2.45, 2.75) is 53.1 Å². The van der Waals surface area contributed by atoms with E-state index in [9.17, 15) is 0 Å². The Bertz CT molecular complexity index is 557. The second-order valence-corrected chi connectivity index (χ2v) is 5.47. The maximum atomic E-state index is 4.64. The SMILES string of the molecule is CCCc1nccn1-c1cc(CNC(C)C)cc(C)n1. The van der Waals surface area contributed by atoms with E-state index in [-0.39, 0.29) is 0 Å². The van der Waals surface area contributed by atoms with E-state index in [1.54, 1.807) is 0 Å². The van der Waals surface area contributed by atoms with E-state index in [1.807, 2.05) is 19.3 Å². The van der Waals surface area contributed by atoms with Gasteiger partial charge in [-0.15, -0.1) is 0 Å². The first-order valence-electron chi connectivity index (χ1n) is 7.33. The lowest BCUT2D eigenvalue weighted by atomic mass is 10.2. The van der Waals surface area contributed by atoms with Gasteiger partial charge in [-0.3, -0.25) is 4.57 Å². The van der Waals surface area contributed by atoms with E-state index in [0.29, 0.717) is 6.04 Å². The molecule has 2 rings (SSSR count). The molecule has 0 saturated carbocycles. The summed E-state index contributed by atoms with van der Waals surface area (Å²) in [4.78, 5) is 9.06. The average molecular weight is 272 g/mol. The van der Waals surface area contributed by atoms with Gasteiger partial charge in [0.15, 0.2) is 0 Å². The standard InChI is InChI=1S/C16H24N4/c1-5-6-15-17-7-8-20(15)16-10-14(9-13(4)19-16)11-18-12(2)3/h7-10,12,18H,5-6,11H2,1-4H3. The predicted octanol–water partition coefficient (Wildman–Crippen LogP) is 3.03. The van der Waals surface area contributed by atoms with Gasteiger partial charge >= 0.3 is 0 Å². The number of nitrogens with one attached hydrogen (secondary N) is 1. The number of rotatable bonds is 6. The third-order valence-corrected chi connectivity index (χ3v) is 3.15. The molecule has 2 aromatic heterocycles. The van der Waals surface area contributed by atoms with E-state index in [0.717, 1.165) is 36.7 Å². The number of pyridine rings is 1. The van der Waals surface area contributed by atoms with Crippen LogP contribution in [-0.2, 0) is 13.0 Å². The summed E-state index contributed by atoms with van der Waals surface area (Å²) in [5.41, 5.74) is 2.30. The Balaban J connectivity index is 2.29. The van der Waals surface area contributed by atoms with E-state index in [2.05, 4.69) is 52.8 Å². The predicted molar refractivity (Wildman–Crippen MR) is 82.1 cm³/mol. The molecule has 0 radical (unpaired) electrons.